The smallest absolute Gasteiger partial charge is 0.417 e. The van der Waals surface area contributed by atoms with Gasteiger partial charge in [-0.05, 0) is 63.9 Å². The standard InChI is InChI=1S/C20H26BrN5O4S2/c1-19(2,3)29-17(27)25-8-7-9-26(18(28)30-20(4,5)6)16(25)24-15-23-13(11-32-15)12-10-31-14(21)22-12/h10-11H,7-9H2,1-6H3. The molecule has 1 fully saturated rings. The first-order chi connectivity index (χ1) is 14.8. The number of rotatable bonds is 2. The molecule has 0 aliphatic carbocycles. The van der Waals surface area contributed by atoms with Crippen molar-refractivity contribution in [1.82, 2.24) is 19.8 Å². The van der Waals surface area contributed by atoms with Crippen LogP contribution in [-0.2, 0) is 9.47 Å². The number of aromatic nitrogens is 2. The molecular formula is C20H26BrN5O4S2. The van der Waals surface area contributed by atoms with Crippen LogP contribution in [0, 0.1) is 0 Å². The molecule has 3 rings (SSSR count). The molecule has 9 nitrogen and oxygen atoms in total. The van der Waals surface area contributed by atoms with E-state index in [1.165, 1.54) is 32.5 Å². The molecule has 0 spiro atoms. The van der Waals surface area contributed by atoms with Gasteiger partial charge in [-0.3, -0.25) is 0 Å². The summed E-state index contributed by atoms with van der Waals surface area (Å²) in [4.78, 5) is 42.0. The zero-order valence-electron chi connectivity index (χ0n) is 18.8. The van der Waals surface area contributed by atoms with E-state index in [1.807, 2.05) is 10.8 Å². The lowest BCUT2D eigenvalue weighted by atomic mass is 10.2. The molecule has 0 radical (unpaired) electrons. The van der Waals surface area contributed by atoms with Crippen molar-refractivity contribution < 1.29 is 19.1 Å². The van der Waals surface area contributed by atoms with Crippen molar-refractivity contribution in [1.29, 1.82) is 0 Å². The fraction of sp³-hybridized carbons (Fsp3) is 0.550. The van der Waals surface area contributed by atoms with Crippen LogP contribution < -0.4 is 0 Å². The van der Waals surface area contributed by atoms with Gasteiger partial charge in [0.1, 0.15) is 22.6 Å². The third-order valence-corrected chi connectivity index (χ3v) is 6.00. The predicted molar refractivity (Wildman–Crippen MR) is 129 cm³/mol. The highest BCUT2D eigenvalue weighted by atomic mass is 79.9. The minimum atomic E-state index is -0.692. The SMILES string of the molecule is CC(C)(C)OC(=O)N1CCCN(C(=O)OC(C)(C)C)C1=Nc1nc(-c2csc(Br)n2)cs1. The van der Waals surface area contributed by atoms with Gasteiger partial charge in [0.05, 0.1) is 0 Å². The van der Waals surface area contributed by atoms with E-state index in [2.05, 4.69) is 30.9 Å². The maximum absolute atomic E-state index is 12.9. The van der Waals surface area contributed by atoms with Gasteiger partial charge in [-0.15, -0.1) is 22.7 Å². The van der Waals surface area contributed by atoms with E-state index in [0.29, 0.717) is 30.3 Å². The Labute approximate surface area is 203 Å². The van der Waals surface area contributed by atoms with Crippen molar-refractivity contribution in [3.63, 3.8) is 0 Å². The Morgan fingerprint density at radius 1 is 0.938 bits per heavy atom. The Balaban J connectivity index is 1.97. The molecule has 1 aliphatic rings. The average Bonchev–Trinajstić information content (AvgIpc) is 3.27. The molecule has 0 saturated carbocycles. The van der Waals surface area contributed by atoms with Gasteiger partial charge in [0, 0.05) is 23.8 Å². The molecule has 0 aromatic carbocycles. The summed E-state index contributed by atoms with van der Waals surface area (Å²) in [6.45, 7) is 11.5. The second kappa shape index (κ2) is 9.44. The molecule has 0 bridgehead atoms. The average molecular weight is 544 g/mol. The number of hydrogen-bond acceptors (Lipinski definition) is 9. The number of ether oxygens (including phenoxy) is 2. The van der Waals surface area contributed by atoms with Crippen molar-refractivity contribution >= 4 is 61.9 Å². The lowest BCUT2D eigenvalue weighted by molar-refractivity contribution is 0.0225. The molecule has 0 unspecified atom stereocenters. The molecule has 32 heavy (non-hydrogen) atoms. The summed E-state index contributed by atoms with van der Waals surface area (Å²) in [7, 11) is 0. The molecule has 1 aliphatic heterocycles. The Bertz CT molecular complexity index is 984. The summed E-state index contributed by atoms with van der Waals surface area (Å²) >= 11 is 6.10. The van der Waals surface area contributed by atoms with Gasteiger partial charge in [-0.25, -0.2) is 29.4 Å². The number of halogens is 1. The second-order valence-electron chi connectivity index (χ2n) is 9.03. The zero-order chi connectivity index (χ0) is 23.7. The van der Waals surface area contributed by atoms with E-state index in [9.17, 15) is 9.59 Å². The number of carbonyl (C=O) groups is 2. The number of amides is 2. The van der Waals surface area contributed by atoms with Crippen molar-refractivity contribution in [3.8, 4) is 11.4 Å². The normalized spacial score (nSPS) is 15.0. The maximum atomic E-state index is 12.9. The highest BCUT2D eigenvalue weighted by molar-refractivity contribution is 9.11. The maximum Gasteiger partial charge on any atom is 0.417 e. The third-order valence-electron chi connectivity index (χ3n) is 3.90. The van der Waals surface area contributed by atoms with Gasteiger partial charge in [0.2, 0.25) is 11.1 Å². The number of guanidine groups is 1. The highest BCUT2D eigenvalue weighted by Gasteiger charge is 2.37. The van der Waals surface area contributed by atoms with Gasteiger partial charge in [-0.1, -0.05) is 0 Å². The first-order valence-electron chi connectivity index (χ1n) is 9.99. The number of thiazole rings is 2. The molecule has 12 heteroatoms. The molecule has 3 heterocycles. The molecule has 0 N–H and O–H groups in total. The largest absolute Gasteiger partial charge is 0.443 e. The van der Waals surface area contributed by atoms with Crippen molar-refractivity contribution in [3.05, 3.63) is 14.7 Å². The predicted octanol–water partition coefficient (Wildman–Crippen LogP) is 5.89. The number of nitrogens with zero attached hydrogens (tertiary/aromatic N) is 5. The van der Waals surface area contributed by atoms with Crippen LogP contribution in [0.5, 0.6) is 0 Å². The monoisotopic (exact) mass is 543 g/mol. The van der Waals surface area contributed by atoms with E-state index < -0.39 is 23.4 Å². The molecule has 2 amide bonds. The zero-order valence-corrected chi connectivity index (χ0v) is 22.1. The Morgan fingerprint density at radius 3 is 1.91 bits per heavy atom. The fourth-order valence-corrected chi connectivity index (χ4v) is 4.40. The van der Waals surface area contributed by atoms with Crippen LogP contribution in [0.3, 0.4) is 0 Å². The van der Waals surface area contributed by atoms with E-state index >= 15 is 0 Å². The summed E-state index contributed by atoms with van der Waals surface area (Å²) in [6.07, 6.45) is -0.595. The van der Waals surface area contributed by atoms with Crippen molar-refractivity contribution in [2.24, 2.45) is 4.99 Å². The Hall–Kier alpha value is -2.05. The van der Waals surface area contributed by atoms with Crippen LogP contribution in [0.25, 0.3) is 11.4 Å². The molecule has 1 saturated heterocycles. The minimum absolute atomic E-state index is 0.139. The van der Waals surface area contributed by atoms with Crippen LogP contribution in [0.1, 0.15) is 48.0 Å². The molecule has 2 aromatic rings. The van der Waals surface area contributed by atoms with E-state index in [-0.39, 0.29) is 5.96 Å². The quantitative estimate of drug-likeness (QED) is 0.468. The summed E-state index contributed by atoms with van der Waals surface area (Å²) in [5.41, 5.74) is 0.00634. The topological polar surface area (TPSA) is 97.2 Å². The molecule has 174 valence electrons. The van der Waals surface area contributed by atoms with E-state index in [1.54, 1.807) is 41.5 Å². The summed E-state index contributed by atoms with van der Waals surface area (Å²) < 4.78 is 11.9. The van der Waals surface area contributed by atoms with Crippen LogP contribution in [0.4, 0.5) is 14.7 Å². The minimum Gasteiger partial charge on any atom is -0.443 e. The van der Waals surface area contributed by atoms with Crippen LogP contribution in [-0.4, -0.2) is 62.2 Å². The molecule has 2 aromatic heterocycles. The summed E-state index contributed by atoms with van der Waals surface area (Å²) in [6, 6.07) is 0. The second-order valence-corrected chi connectivity index (χ2v) is 12.0. The summed E-state index contributed by atoms with van der Waals surface area (Å²) in [5.74, 6) is 0.139. The number of carbonyl (C=O) groups excluding carboxylic acids is 2. The van der Waals surface area contributed by atoms with E-state index in [4.69, 9.17) is 9.47 Å². The third kappa shape index (κ3) is 6.48. The first-order valence-corrected chi connectivity index (χ1v) is 12.5. The molecular weight excluding hydrogens is 518 g/mol. The Morgan fingerprint density at radius 2 is 1.44 bits per heavy atom. The lowest BCUT2D eigenvalue weighted by Gasteiger charge is -2.37. The lowest BCUT2D eigenvalue weighted by Crippen LogP contribution is -2.56. The Kier molecular flexibility index (Phi) is 7.25. The van der Waals surface area contributed by atoms with Gasteiger partial charge in [0.15, 0.2) is 3.92 Å². The van der Waals surface area contributed by atoms with Gasteiger partial charge in [0.25, 0.3) is 0 Å². The first kappa shape index (κ1) is 24.6. The van der Waals surface area contributed by atoms with Crippen LogP contribution >= 0.6 is 38.6 Å². The van der Waals surface area contributed by atoms with Crippen molar-refractivity contribution in [2.75, 3.05) is 13.1 Å². The van der Waals surface area contributed by atoms with Gasteiger partial charge in [-0.2, -0.15) is 4.99 Å². The number of aliphatic imine (C=N–C) groups is 1. The van der Waals surface area contributed by atoms with Crippen LogP contribution in [0.15, 0.2) is 19.7 Å². The van der Waals surface area contributed by atoms with E-state index in [0.717, 1.165) is 9.61 Å². The number of hydrogen-bond donors (Lipinski definition) is 0. The van der Waals surface area contributed by atoms with Crippen molar-refractivity contribution in [2.45, 2.75) is 59.2 Å². The van der Waals surface area contributed by atoms with Gasteiger partial charge >= 0.3 is 12.2 Å². The fourth-order valence-electron chi connectivity index (χ4n) is 2.72. The summed E-state index contributed by atoms with van der Waals surface area (Å²) in [5, 5.41) is 4.11. The molecule has 0 atom stereocenters. The van der Waals surface area contributed by atoms with Gasteiger partial charge < -0.3 is 9.47 Å². The van der Waals surface area contributed by atoms with Crippen LogP contribution in [0.2, 0.25) is 0 Å². The highest BCUT2D eigenvalue weighted by Crippen LogP contribution is 2.30.